The molecule has 0 fully saturated rings. The Morgan fingerprint density at radius 2 is 2.10 bits per heavy atom. The van der Waals surface area contributed by atoms with E-state index in [2.05, 4.69) is 18.3 Å². The number of hydrogen-bond donors (Lipinski definition) is 2. The Kier molecular flexibility index (Phi) is 7.23. The first-order valence-corrected chi connectivity index (χ1v) is 7.78. The molecule has 1 unspecified atom stereocenters. The number of aryl methyl sites for hydroxylation is 1. The minimum atomic E-state index is -0.830. The lowest BCUT2D eigenvalue weighted by Gasteiger charge is -2.29. The highest BCUT2D eigenvalue weighted by Gasteiger charge is 2.34. The molecule has 0 amide bonds. The normalized spacial score (nSPS) is 13.7. The highest BCUT2D eigenvalue weighted by atomic mass is 16.5. The molecule has 2 N–H and O–H groups in total. The maximum atomic E-state index is 11.5. The van der Waals surface area contributed by atoms with Gasteiger partial charge in [-0.1, -0.05) is 32.9 Å². The molecule has 21 heavy (non-hydrogen) atoms. The molecule has 0 saturated carbocycles. The van der Waals surface area contributed by atoms with E-state index in [4.69, 9.17) is 4.74 Å². The zero-order valence-electron chi connectivity index (χ0n) is 13.3. The predicted octanol–water partition coefficient (Wildman–Crippen LogP) is 3.25. The summed E-state index contributed by atoms with van der Waals surface area (Å²) in [6, 6.07) is 8.03. The number of benzene rings is 1. The molecule has 0 aliphatic rings. The van der Waals surface area contributed by atoms with Crippen LogP contribution in [-0.4, -0.2) is 29.8 Å². The first-order chi connectivity index (χ1) is 10.1. The van der Waals surface area contributed by atoms with Crippen LogP contribution in [-0.2, 0) is 11.2 Å². The summed E-state index contributed by atoms with van der Waals surface area (Å²) in [4.78, 5) is 11.5. The number of rotatable bonds is 10. The first kappa shape index (κ1) is 17.5. The van der Waals surface area contributed by atoms with Gasteiger partial charge in [-0.2, -0.15) is 0 Å². The zero-order chi connectivity index (χ0) is 15.7. The smallest absolute Gasteiger partial charge is 0.323 e. The third-order valence-corrected chi connectivity index (χ3v) is 3.85. The molecule has 0 bridgehead atoms. The third kappa shape index (κ3) is 5.05. The number of likely N-dealkylation sites (N-methyl/N-ethyl adjacent to an activating group) is 1. The number of hydrogen-bond acceptors (Lipinski definition) is 3. The molecule has 4 nitrogen and oxygen atoms in total. The van der Waals surface area contributed by atoms with Crippen molar-refractivity contribution >= 4 is 5.97 Å². The second kappa shape index (κ2) is 8.67. The van der Waals surface area contributed by atoms with Crippen molar-refractivity contribution in [2.24, 2.45) is 0 Å². The van der Waals surface area contributed by atoms with Crippen molar-refractivity contribution in [3.8, 4) is 5.75 Å². The Bertz CT molecular complexity index is 447. The summed E-state index contributed by atoms with van der Waals surface area (Å²) in [5.74, 6) is 0.0788. The van der Waals surface area contributed by atoms with Crippen molar-refractivity contribution in [2.75, 3.05) is 13.2 Å². The summed E-state index contributed by atoms with van der Waals surface area (Å²) in [5.41, 5.74) is 0.414. The molecule has 0 aromatic heterocycles. The van der Waals surface area contributed by atoms with Gasteiger partial charge in [0, 0.05) is 0 Å². The fraction of sp³-hybridized carbons (Fsp3) is 0.588. The fourth-order valence-electron chi connectivity index (χ4n) is 2.48. The lowest BCUT2D eigenvalue weighted by molar-refractivity contribution is -0.145. The van der Waals surface area contributed by atoms with E-state index in [1.807, 2.05) is 32.0 Å². The van der Waals surface area contributed by atoms with Gasteiger partial charge in [0.25, 0.3) is 0 Å². The van der Waals surface area contributed by atoms with Crippen molar-refractivity contribution in [3.63, 3.8) is 0 Å². The van der Waals surface area contributed by atoms with Crippen molar-refractivity contribution in [2.45, 2.75) is 52.0 Å². The maximum absolute atomic E-state index is 11.5. The number of carboxylic acid groups (broad SMARTS) is 1. The molecule has 0 saturated heterocycles. The Hall–Kier alpha value is -1.55. The summed E-state index contributed by atoms with van der Waals surface area (Å²) in [5, 5.41) is 12.5. The summed E-state index contributed by atoms with van der Waals surface area (Å²) in [6.45, 7) is 7.13. The molecular weight excluding hydrogens is 266 g/mol. The van der Waals surface area contributed by atoms with E-state index in [1.165, 1.54) is 5.56 Å². The van der Waals surface area contributed by atoms with Crippen LogP contribution >= 0.6 is 0 Å². The number of ether oxygens (including phenoxy) is 1. The lowest BCUT2D eigenvalue weighted by atomic mass is 9.90. The van der Waals surface area contributed by atoms with Gasteiger partial charge in [-0.05, 0) is 49.9 Å². The van der Waals surface area contributed by atoms with Crippen LogP contribution in [0.15, 0.2) is 24.3 Å². The van der Waals surface area contributed by atoms with Gasteiger partial charge >= 0.3 is 5.97 Å². The Balaban J connectivity index is 2.49. The topological polar surface area (TPSA) is 58.6 Å². The van der Waals surface area contributed by atoms with E-state index in [1.54, 1.807) is 0 Å². The Labute approximate surface area is 127 Å². The lowest BCUT2D eigenvalue weighted by Crippen LogP contribution is -2.51. The van der Waals surface area contributed by atoms with Gasteiger partial charge in [0.1, 0.15) is 11.3 Å². The number of carbonyl (C=O) groups is 1. The van der Waals surface area contributed by atoms with E-state index in [0.717, 1.165) is 12.2 Å². The second-order valence-corrected chi connectivity index (χ2v) is 5.22. The number of nitrogens with one attached hydrogen (secondary N) is 1. The predicted molar refractivity (Wildman–Crippen MR) is 84.9 cm³/mol. The van der Waals surface area contributed by atoms with E-state index >= 15 is 0 Å². The van der Waals surface area contributed by atoms with Gasteiger partial charge < -0.3 is 15.2 Å². The van der Waals surface area contributed by atoms with Crippen LogP contribution in [0, 0.1) is 0 Å². The third-order valence-electron chi connectivity index (χ3n) is 3.85. The quantitative estimate of drug-likeness (QED) is 0.650. The molecule has 1 aromatic rings. The molecule has 1 rings (SSSR count). The molecule has 0 spiro atoms. The van der Waals surface area contributed by atoms with E-state index in [9.17, 15) is 9.90 Å². The Morgan fingerprint density at radius 1 is 1.33 bits per heavy atom. The van der Waals surface area contributed by atoms with Gasteiger partial charge in [-0.3, -0.25) is 4.79 Å². The summed E-state index contributed by atoms with van der Waals surface area (Å²) in [6.07, 6.45) is 2.83. The van der Waals surface area contributed by atoms with Gasteiger partial charge in [0.05, 0.1) is 6.61 Å². The second-order valence-electron chi connectivity index (χ2n) is 5.22. The van der Waals surface area contributed by atoms with Crippen molar-refractivity contribution in [3.05, 3.63) is 29.8 Å². The van der Waals surface area contributed by atoms with E-state index in [0.29, 0.717) is 32.4 Å². The average Bonchev–Trinajstić information content (AvgIpc) is 2.50. The molecule has 0 heterocycles. The first-order valence-electron chi connectivity index (χ1n) is 7.78. The van der Waals surface area contributed by atoms with Gasteiger partial charge in [-0.25, -0.2) is 0 Å². The standard InChI is InChI=1S/C17H27NO3/c1-4-14-9-7-10-15(13-14)21-12-8-11-17(5-2,16(19)20)18-6-3/h7,9-10,13,18H,4-6,8,11-12H2,1-3H3,(H,19,20). The summed E-state index contributed by atoms with van der Waals surface area (Å²) < 4.78 is 5.73. The van der Waals surface area contributed by atoms with Crippen LogP contribution in [0.1, 0.15) is 45.6 Å². The highest BCUT2D eigenvalue weighted by molar-refractivity contribution is 5.78. The molecule has 0 aliphatic carbocycles. The molecule has 0 aliphatic heterocycles. The number of aliphatic carboxylic acids is 1. The van der Waals surface area contributed by atoms with Crippen molar-refractivity contribution < 1.29 is 14.6 Å². The molecule has 1 atom stereocenters. The summed E-state index contributed by atoms with van der Waals surface area (Å²) in [7, 11) is 0. The van der Waals surface area contributed by atoms with Crippen LogP contribution in [0.2, 0.25) is 0 Å². The Morgan fingerprint density at radius 3 is 2.67 bits per heavy atom. The molecule has 4 heteroatoms. The average molecular weight is 293 g/mol. The van der Waals surface area contributed by atoms with E-state index in [-0.39, 0.29) is 0 Å². The van der Waals surface area contributed by atoms with Crippen LogP contribution in [0.5, 0.6) is 5.75 Å². The number of carboxylic acids is 1. The van der Waals surface area contributed by atoms with Crippen molar-refractivity contribution in [1.29, 1.82) is 0 Å². The largest absolute Gasteiger partial charge is 0.494 e. The minimum Gasteiger partial charge on any atom is -0.494 e. The minimum absolute atomic E-state index is 0.535. The molecular formula is C17H27NO3. The van der Waals surface area contributed by atoms with E-state index < -0.39 is 11.5 Å². The highest BCUT2D eigenvalue weighted by Crippen LogP contribution is 2.19. The maximum Gasteiger partial charge on any atom is 0.323 e. The van der Waals surface area contributed by atoms with Gasteiger partial charge in [0.2, 0.25) is 0 Å². The fourth-order valence-corrected chi connectivity index (χ4v) is 2.48. The van der Waals surface area contributed by atoms with Crippen LogP contribution in [0.3, 0.4) is 0 Å². The summed E-state index contributed by atoms with van der Waals surface area (Å²) >= 11 is 0. The molecule has 118 valence electrons. The molecule has 0 radical (unpaired) electrons. The SMILES string of the molecule is CCNC(CC)(CCCOc1cccc(CC)c1)C(=O)O. The monoisotopic (exact) mass is 293 g/mol. The zero-order valence-corrected chi connectivity index (χ0v) is 13.3. The van der Waals surface area contributed by atoms with Crippen molar-refractivity contribution in [1.82, 2.24) is 5.32 Å². The van der Waals surface area contributed by atoms with Gasteiger partial charge in [-0.15, -0.1) is 0 Å². The van der Waals surface area contributed by atoms with Crippen LogP contribution < -0.4 is 10.1 Å². The van der Waals surface area contributed by atoms with Gasteiger partial charge in [0.15, 0.2) is 0 Å². The molecule has 1 aromatic carbocycles. The van der Waals surface area contributed by atoms with Crippen LogP contribution in [0.25, 0.3) is 0 Å². The van der Waals surface area contributed by atoms with Crippen LogP contribution in [0.4, 0.5) is 0 Å².